The Kier molecular flexibility index (Phi) is 4.04. The normalized spacial score (nSPS) is 15.4. The molecular formula is C14H19NO4S. The molecule has 0 saturated carbocycles. The van der Waals surface area contributed by atoms with Crippen molar-refractivity contribution in [1.29, 1.82) is 0 Å². The molecule has 1 amide bonds. The van der Waals surface area contributed by atoms with Gasteiger partial charge in [0.05, 0.1) is 12.0 Å². The molecule has 1 aliphatic heterocycles. The fraction of sp³-hybridized carbons (Fsp3) is 0.500. The summed E-state index contributed by atoms with van der Waals surface area (Å²) in [4.78, 5) is 13.6. The van der Waals surface area contributed by atoms with E-state index in [1.54, 1.807) is 24.1 Å². The van der Waals surface area contributed by atoms with Crippen LogP contribution in [0.2, 0.25) is 0 Å². The van der Waals surface area contributed by atoms with Crippen LogP contribution in [0.1, 0.15) is 18.1 Å². The molecule has 5 nitrogen and oxygen atoms in total. The Balaban J connectivity index is 2.54. The molecule has 0 N–H and O–H groups in total. The summed E-state index contributed by atoms with van der Waals surface area (Å²) in [6, 6.07) is 3.29. The summed E-state index contributed by atoms with van der Waals surface area (Å²) in [5.74, 6) is 0.704. The first kappa shape index (κ1) is 14.8. The molecule has 110 valence electrons. The number of rotatable bonds is 2. The SMILES string of the molecule is COc1ccc(S(C)(=O)=O)c2c1CCN(C(C)=O)CC2. The van der Waals surface area contributed by atoms with Gasteiger partial charge in [-0.25, -0.2) is 8.42 Å². The predicted octanol–water partition coefficient (Wildman–Crippen LogP) is 1.05. The lowest BCUT2D eigenvalue weighted by molar-refractivity contribution is -0.128. The summed E-state index contributed by atoms with van der Waals surface area (Å²) in [6.07, 6.45) is 2.36. The van der Waals surface area contributed by atoms with Crippen LogP contribution in [0.4, 0.5) is 0 Å². The average Bonchev–Trinajstić information content (AvgIpc) is 2.59. The Morgan fingerprint density at radius 1 is 1.20 bits per heavy atom. The summed E-state index contributed by atoms with van der Waals surface area (Å²) in [6.45, 7) is 2.66. The minimum Gasteiger partial charge on any atom is -0.496 e. The standard InChI is InChI=1S/C14H19NO4S/c1-10(16)15-8-6-11-12(7-9-15)14(20(3,17)18)5-4-13(11)19-2/h4-5H,6-9H2,1-3H3. The van der Waals surface area contributed by atoms with E-state index in [0.29, 0.717) is 36.6 Å². The molecule has 0 spiro atoms. The van der Waals surface area contributed by atoms with E-state index in [2.05, 4.69) is 0 Å². The molecule has 6 heteroatoms. The molecule has 0 aromatic heterocycles. The highest BCUT2D eigenvalue weighted by atomic mass is 32.2. The van der Waals surface area contributed by atoms with E-state index in [-0.39, 0.29) is 5.91 Å². The predicted molar refractivity (Wildman–Crippen MR) is 75.8 cm³/mol. The number of carbonyl (C=O) groups is 1. The molecule has 2 rings (SSSR count). The summed E-state index contributed by atoms with van der Waals surface area (Å²) in [7, 11) is -1.71. The Morgan fingerprint density at radius 2 is 1.80 bits per heavy atom. The fourth-order valence-electron chi connectivity index (χ4n) is 2.66. The van der Waals surface area contributed by atoms with Gasteiger partial charge in [-0.1, -0.05) is 0 Å². The number of ether oxygens (including phenoxy) is 1. The molecule has 1 aromatic carbocycles. The van der Waals surface area contributed by atoms with Gasteiger partial charge in [0.15, 0.2) is 9.84 Å². The van der Waals surface area contributed by atoms with Crippen molar-refractivity contribution in [3.05, 3.63) is 23.3 Å². The van der Waals surface area contributed by atoms with Crippen LogP contribution >= 0.6 is 0 Å². The summed E-state index contributed by atoms with van der Waals surface area (Å²) in [5.41, 5.74) is 1.69. The molecule has 0 bridgehead atoms. The van der Waals surface area contributed by atoms with E-state index in [4.69, 9.17) is 4.74 Å². The van der Waals surface area contributed by atoms with Crippen LogP contribution in [-0.4, -0.2) is 45.7 Å². The van der Waals surface area contributed by atoms with Gasteiger partial charge in [-0.3, -0.25) is 4.79 Å². The van der Waals surface area contributed by atoms with Crippen molar-refractivity contribution in [2.24, 2.45) is 0 Å². The van der Waals surface area contributed by atoms with Crippen LogP contribution in [0, 0.1) is 0 Å². The number of carbonyl (C=O) groups excluding carboxylic acids is 1. The van der Waals surface area contributed by atoms with Gasteiger partial charge in [0, 0.05) is 31.8 Å². The number of hydrogen-bond donors (Lipinski definition) is 0. The van der Waals surface area contributed by atoms with Crippen molar-refractivity contribution in [1.82, 2.24) is 4.90 Å². The minimum atomic E-state index is -3.28. The third-order valence-electron chi connectivity index (χ3n) is 3.67. The molecule has 0 fully saturated rings. The van der Waals surface area contributed by atoms with Gasteiger partial charge in [-0.15, -0.1) is 0 Å². The first-order chi connectivity index (χ1) is 9.34. The van der Waals surface area contributed by atoms with Crippen molar-refractivity contribution >= 4 is 15.7 Å². The van der Waals surface area contributed by atoms with Gasteiger partial charge >= 0.3 is 0 Å². The van der Waals surface area contributed by atoms with Gasteiger partial charge in [-0.2, -0.15) is 0 Å². The van der Waals surface area contributed by atoms with Gasteiger partial charge in [0.25, 0.3) is 0 Å². The van der Waals surface area contributed by atoms with E-state index in [1.807, 2.05) is 0 Å². The molecule has 1 heterocycles. The second kappa shape index (κ2) is 5.44. The zero-order valence-corrected chi connectivity index (χ0v) is 12.8. The smallest absolute Gasteiger partial charge is 0.219 e. The average molecular weight is 297 g/mol. The molecule has 1 aliphatic rings. The molecule has 0 aliphatic carbocycles. The molecule has 0 atom stereocenters. The Labute approximate surface area is 119 Å². The maximum atomic E-state index is 11.9. The highest BCUT2D eigenvalue weighted by Gasteiger charge is 2.24. The third-order valence-corrected chi connectivity index (χ3v) is 4.85. The minimum absolute atomic E-state index is 0.0117. The molecule has 0 saturated heterocycles. The van der Waals surface area contributed by atoms with Gasteiger partial charge in [-0.05, 0) is 30.5 Å². The van der Waals surface area contributed by atoms with Crippen LogP contribution in [0.3, 0.4) is 0 Å². The summed E-state index contributed by atoms with van der Waals surface area (Å²) < 4.78 is 29.2. The van der Waals surface area contributed by atoms with E-state index < -0.39 is 9.84 Å². The molecule has 1 aromatic rings. The van der Waals surface area contributed by atoms with E-state index in [1.165, 1.54) is 13.2 Å². The first-order valence-electron chi connectivity index (χ1n) is 6.49. The van der Waals surface area contributed by atoms with E-state index in [0.717, 1.165) is 11.1 Å². The van der Waals surface area contributed by atoms with E-state index in [9.17, 15) is 13.2 Å². The number of amides is 1. The number of nitrogens with zero attached hydrogens (tertiary/aromatic N) is 1. The Hall–Kier alpha value is -1.56. The topological polar surface area (TPSA) is 63.7 Å². The van der Waals surface area contributed by atoms with Crippen LogP contribution in [0.5, 0.6) is 5.75 Å². The largest absolute Gasteiger partial charge is 0.496 e. The first-order valence-corrected chi connectivity index (χ1v) is 8.38. The second-order valence-corrected chi connectivity index (χ2v) is 6.99. The quantitative estimate of drug-likeness (QED) is 0.818. The van der Waals surface area contributed by atoms with Gasteiger partial charge in [0.2, 0.25) is 5.91 Å². The zero-order valence-electron chi connectivity index (χ0n) is 12.0. The number of benzene rings is 1. The van der Waals surface area contributed by atoms with Crippen molar-refractivity contribution in [2.75, 3.05) is 26.5 Å². The number of methoxy groups -OCH3 is 1. The lowest BCUT2D eigenvalue weighted by Crippen LogP contribution is -2.31. The van der Waals surface area contributed by atoms with Crippen molar-refractivity contribution < 1.29 is 17.9 Å². The maximum absolute atomic E-state index is 11.9. The highest BCUT2D eigenvalue weighted by molar-refractivity contribution is 7.90. The Morgan fingerprint density at radius 3 is 2.30 bits per heavy atom. The zero-order chi connectivity index (χ0) is 14.9. The van der Waals surface area contributed by atoms with E-state index >= 15 is 0 Å². The van der Waals surface area contributed by atoms with Crippen LogP contribution in [0.15, 0.2) is 17.0 Å². The monoisotopic (exact) mass is 297 g/mol. The number of hydrogen-bond acceptors (Lipinski definition) is 4. The fourth-order valence-corrected chi connectivity index (χ4v) is 3.65. The van der Waals surface area contributed by atoms with Crippen LogP contribution in [-0.2, 0) is 27.5 Å². The van der Waals surface area contributed by atoms with Crippen molar-refractivity contribution in [3.63, 3.8) is 0 Å². The summed E-state index contributed by atoms with van der Waals surface area (Å²) >= 11 is 0. The second-order valence-electron chi connectivity index (χ2n) is 5.00. The molecule has 20 heavy (non-hydrogen) atoms. The Bertz CT molecular complexity index is 637. The van der Waals surface area contributed by atoms with Crippen molar-refractivity contribution in [2.45, 2.75) is 24.7 Å². The maximum Gasteiger partial charge on any atom is 0.219 e. The lowest BCUT2D eigenvalue weighted by atomic mass is 10.0. The summed E-state index contributed by atoms with van der Waals surface area (Å²) in [5, 5.41) is 0. The van der Waals surface area contributed by atoms with Gasteiger partial charge < -0.3 is 9.64 Å². The van der Waals surface area contributed by atoms with Crippen LogP contribution in [0.25, 0.3) is 0 Å². The molecule has 0 unspecified atom stereocenters. The molecule has 0 radical (unpaired) electrons. The van der Waals surface area contributed by atoms with Gasteiger partial charge in [0.1, 0.15) is 5.75 Å². The van der Waals surface area contributed by atoms with Crippen molar-refractivity contribution in [3.8, 4) is 5.75 Å². The molecular weight excluding hydrogens is 278 g/mol. The third kappa shape index (κ3) is 2.80. The lowest BCUT2D eigenvalue weighted by Gasteiger charge is -2.17. The van der Waals surface area contributed by atoms with Crippen LogP contribution < -0.4 is 4.74 Å². The number of sulfone groups is 1. The number of fused-ring (bicyclic) bond motifs is 1. The highest BCUT2D eigenvalue weighted by Crippen LogP contribution is 2.31.